The van der Waals surface area contributed by atoms with Crippen LogP contribution >= 0.6 is 11.8 Å². The number of hydrogen-bond acceptors (Lipinski definition) is 5. The van der Waals surface area contributed by atoms with Crippen molar-refractivity contribution in [2.75, 3.05) is 18.1 Å². The molecule has 0 radical (unpaired) electrons. The fraction of sp³-hybridized carbons (Fsp3) is 0.318. The van der Waals surface area contributed by atoms with Crippen molar-refractivity contribution in [3.05, 3.63) is 59.7 Å². The minimum atomic E-state index is -1.16. The molecule has 7 nitrogen and oxygen atoms in total. The first-order chi connectivity index (χ1) is 14.5. The topological polar surface area (TPSA) is 113 Å². The number of amides is 1. The van der Waals surface area contributed by atoms with Crippen LogP contribution in [-0.2, 0) is 14.3 Å². The predicted octanol–water partition coefficient (Wildman–Crippen LogP) is 3.58. The smallest absolute Gasteiger partial charge is 0.407 e. The molecule has 0 bridgehead atoms. The lowest BCUT2D eigenvalue weighted by Gasteiger charge is -2.17. The Morgan fingerprint density at radius 3 is 2.17 bits per heavy atom. The number of fused-ring (bicyclic) bond motifs is 3. The second kappa shape index (κ2) is 10.2. The van der Waals surface area contributed by atoms with Crippen molar-refractivity contribution in [1.82, 2.24) is 5.32 Å². The maximum absolute atomic E-state index is 12.2. The van der Waals surface area contributed by atoms with Crippen molar-refractivity contribution in [2.45, 2.75) is 24.8 Å². The highest BCUT2D eigenvalue weighted by molar-refractivity contribution is 7.99. The van der Waals surface area contributed by atoms with Crippen LogP contribution < -0.4 is 5.32 Å². The van der Waals surface area contributed by atoms with Crippen LogP contribution in [0.1, 0.15) is 29.9 Å². The molecule has 0 saturated heterocycles. The van der Waals surface area contributed by atoms with Crippen LogP contribution in [0.2, 0.25) is 0 Å². The largest absolute Gasteiger partial charge is 0.481 e. The molecule has 30 heavy (non-hydrogen) atoms. The third-order valence-corrected chi connectivity index (χ3v) is 6.04. The number of benzene rings is 2. The zero-order valence-electron chi connectivity index (χ0n) is 16.2. The minimum absolute atomic E-state index is 0.0323. The Balaban J connectivity index is 1.54. The number of carbonyl (C=O) groups excluding carboxylic acids is 1. The second-order valence-electron chi connectivity index (χ2n) is 6.93. The first-order valence-electron chi connectivity index (χ1n) is 9.61. The number of aliphatic carboxylic acids is 2. The average molecular weight is 429 g/mol. The van der Waals surface area contributed by atoms with Gasteiger partial charge >= 0.3 is 18.0 Å². The molecule has 0 aliphatic heterocycles. The van der Waals surface area contributed by atoms with Crippen molar-refractivity contribution in [2.24, 2.45) is 0 Å². The fourth-order valence-electron chi connectivity index (χ4n) is 3.48. The Bertz CT molecular complexity index is 886. The van der Waals surface area contributed by atoms with E-state index in [-0.39, 0.29) is 24.7 Å². The quantitative estimate of drug-likeness (QED) is 0.495. The van der Waals surface area contributed by atoms with E-state index in [0.29, 0.717) is 12.2 Å². The number of hydrogen-bond donors (Lipinski definition) is 3. The Kier molecular flexibility index (Phi) is 7.35. The molecule has 2 aromatic rings. The van der Waals surface area contributed by atoms with E-state index < -0.39 is 24.1 Å². The molecular weight excluding hydrogens is 406 g/mol. The summed E-state index contributed by atoms with van der Waals surface area (Å²) < 4.78 is 5.38. The number of carboxylic acids is 2. The molecule has 3 N–H and O–H groups in total. The van der Waals surface area contributed by atoms with Crippen LogP contribution in [0.5, 0.6) is 0 Å². The molecule has 0 fully saturated rings. The van der Waals surface area contributed by atoms with Gasteiger partial charge in [-0.2, -0.15) is 11.8 Å². The molecule has 0 spiro atoms. The van der Waals surface area contributed by atoms with Crippen LogP contribution in [0, 0.1) is 0 Å². The molecule has 1 atom stereocenters. The predicted molar refractivity (Wildman–Crippen MR) is 114 cm³/mol. The maximum Gasteiger partial charge on any atom is 0.407 e. The summed E-state index contributed by atoms with van der Waals surface area (Å²) in [5.74, 6) is -1.50. The van der Waals surface area contributed by atoms with E-state index >= 15 is 0 Å². The molecule has 0 aromatic heterocycles. The van der Waals surface area contributed by atoms with Crippen LogP contribution in [0.15, 0.2) is 48.5 Å². The normalized spacial score (nSPS) is 13.2. The number of rotatable bonds is 10. The van der Waals surface area contributed by atoms with E-state index in [1.54, 1.807) is 0 Å². The lowest BCUT2D eigenvalue weighted by molar-refractivity contribution is -0.139. The van der Waals surface area contributed by atoms with Gasteiger partial charge < -0.3 is 20.3 Å². The monoisotopic (exact) mass is 429 g/mol. The van der Waals surface area contributed by atoms with E-state index in [1.165, 1.54) is 11.8 Å². The Hall–Kier alpha value is -3.00. The van der Waals surface area contributed by atoms with Gasteiger partial charge in [0.1, 0.15) is 12.6 Å². The molecular formula is C22H23NO6S. The summed E-state index contributed by atoms with van der Waals surface area (Å²) in [6.45, 7) is 0.109. The Labute approximate surface area is 178 Å². The lowest BCUT2D eigenvalue weighted by Crippen LogP contribution is -2.43. The van der Waals surface area contributed by atoms with E-state index in [0.717, 1.165) is 22.3 Å². The molecule has 158 valence electrons. The number of carbonyl (C=O) groups is 3. The molecule has 1 amide bonds. The zero-order valence-corrected chi connectivity index (χ0v) is 17.1. The van der Waals surface area contributed by atoms with Gasteiger partial charge in [0.25, 0.3) is 0 Å². The highest BCUT2D eigenvalue weighted by Crippen LogP contribution is 2.44. The lowest BCUT2D eigenvalue weighted by atomic mass is 9.98. The van der Waals surface area contributed by atoms with Crippen molar-refractivity contribution in [3.63, 3.8) is 0 Å². The number of nitrogens with one attached hydrogen (secondary N) is 1. The number of carboxylic acid groups (broad SMARTS) is 2. The van der Waals surface area contributed by atoms with Gasteiger partial charge in [0.15, 0.2) is 0 Å². The first kappa shape index (κ1) is 21.7. The maximum atomic E-state index is 12.2. The van der Waals surface area contributed by atoms with Gasteiger partial charge in [0.2, 0.25) is 0 Å². The summed E-state index contributed by atoms with van der Waals surface area (Å²) in [6, 6.07) is 14.8. The summed E-state index contributed by atoms with van der Waals surface area (Å²) in [7, 11) is 0. The van der Waals surface area contributed by atoms with Crippen molar-refractivity contribution < 1.29 is 29.3 Å². The van der Waals surface area contributed by atoms with Crippen LogP contribution in [-0.4, -0.2) is 52.4 Å². The van der Waals surface area contributed by atoms with Gasteiger partial charge in [-0.15, -0.1) is 0 Å². The van der Waals surface area contributed by atoms with E-state index in [1.807, 2.05) is 48.5 Å². The minimum Gasteiger partial charge on any atom is -0.481 e. The van der Waals surface area contributed by atoms with E-state index in [2.05, 4.69) is 5.32 Å². The number of alkyl carbamates (subject to hydrolysis) is 1. The van der Waals surface area contributed by atoms with Gasteiger partial charge in [-0.1, -0.05) is 48.5 Å². The van der Waals surface area contributed by atoms with Gasteiger partial charge in [0.05, 0.1) is 0 Å². The number of thioether (sulfide) groups is 1. The summed E-state index contributed by atoms with van der Waals surface area (Å²) in [6.07, 6.45) is -0.308. The summed E-state index contributed by atoms with van der Waals surface area (Å²) in [5.41, 5.74) is 4.39. The van der Waals surface area contributed by atoms with Crippen molar-refractivity contribution in [3.8, 4) is 11.1 Å². The van der Waals surface area contributed by atoms with Crippen LogP contribution in [0.25, 0.3) is 11.1 Å². The molecule has 1 aliphatic carbocycles. The Morgan fingerprint density at radius 2 is 1.60 bits per heavy atom. The molecule has 2 aromatic carbocycles. The summed E-state index contributed by atoms with van der Waals surface area (Å²) in [4.78, 5) is 34.2. The van der Waals surface area contributed by atoms with Crippen LogP contribution in [0.3, 0.4) is 0 Å². The van der Waals surface area contributed by atoms with Crippen molar-refractivity contribution >= 4 is 29.8 Å². The van der Waals surface area contributed by atoms with E-state index in [4.69, 9.17) is 9.84 Å². The highest BCUT2D eigenvalue weighted by Gasteiger charge is 2.29. The third kappa shape index (κ3) is 5.33. The van der Waals surface area contributed by atoms with Gasteiger partial charge in [-0.3, -0.25) is 4.79 Å². The SMILES string of the molecule is O=C(O)CCCSC[C@H](NC(=O)OCC1c2ccccc2-c2ccccc21)C(=O)O. The first-order valence-corrected chi connectivity index (χ1v) is 10.8. The summed E-state index contributed by atoms with van der Waals surface area (Å²) >= 11 is 1.28. The fourth-order valence-corrected chi connectivity index (χ4v) is 4.46. The third-order valence-electron chi connectivity index (χ3n) is 4.90. The highest BCUT2D eigenvalue weighted by atomic mass is 32.2. The molecule has 3 rings (SSSR count). The average Bonchev–Trinajstić information content (AvgIpc) is 3.04. The van der Waals surface area contributed by atoms with Gasteiger partial charge in [0, 0.05) is 18.1 Å². The zero-order chi connectivity index (χ0) is 21.5. The van der Waals surface area contributed by atoms with E-state index in [9.17, 15) is 19.5 Å². The summed E-state index contributed by atoms with van der Waals surface area (Å²) in [5, 5.41) is 20.3. The number of ether oxygens (including phenoxy) is 1. The molecule has 1 aliphatic rings. The van der Waals surface area contributed by atoms with Crippen LogP contribution in [0.4, 0.5) is 4.79 Å². The second-order valence-corrected chi connectivity index (χ2v) is 8.08. The molecule has 0 heterocycles. The van der Waals surface area contributed by atoms with Gasteiger partial charge in [-0.05, 0) is 34.4 Å². The molecule has 8 heteroatoms. The van der Waals surface area contributed by atoms with Gasteiger partial charge in [-0.25, -0.2) is 9.59 Å². The molecule has 0 unspecified atom stereocenters. The van der Waals surface area contributed by atoms with Crippen molar-refractivity contribution in [1.29, 1.82) is 0 Å². The Morgan fingerprint density at radius 1 is 1.00 bits per heavy atom. The standard InChI is InChI=1S/C22H23NO6S/c24-20(25)10-5-11-30-13-19(21(26)27)23-22(28)29-12-18-16-8-3-1-6-14(16)15-7-2-4-9-17(15)18/h1-4,6-9,18-19H,5,10-13H2,(H,23,28)(H,24,25)(H,26,27)/t19-/m0/s1. The molecule has 0 saturated carbocycles.